The number of aromatic amines is 1. The molecule has 0 fully saturated rings. The Morgan fingerprint density at radius 1 is 1.42 bits per heavy atom. The Bertz CT molecular complexity index is 580. The lowest BCUT2D eigenvalue weighted by Gasteiger charge is -2.08. The number of aromatic nitrogens is 2. The van der Waals surface area contributed by atoms with Crippen molar-refractivity contribution in [1.82, 2.24) is 15.3 Å². The third kappa shape index (κ3) is 3.68. The molecule has 102 valence electrons. The maximum Gasteiger partial charge on any atom is 0.522 e. The smallest absolute Gasteiger partial charge is 0.350 e. The van der Waals surface area contributed by atoms with E-state index in [4.69, 9.17) is 0 Å². The van der Waals surface area contributed by atoms with E-state index in [0.29, 0.717) is 16.6 Å². The average Bonchev–Trinajstić information content (AvgIpc) is 2.80. The fourth-order valence-electron chi connectivity index (χ4n) is 1.51. The molecule has 0 aliphatic rings. The SMILES string of the molecule is O=C(NCCOC(F)(F)F)c1ccc2nc[nH]c2c1. The summed E-state index contributed by atoms with van der Waals surface area (Å²) in [7, 11) is 0. The van der Waals surface area contributed by atoms with Crippen molar-refractivity contribution in [2.24, 2.45) is 0 Å². The Kier molecular flexibility index (Phi) is 3.70. The summed E-state index contributed by atoms with van der Waals surface area (Å²) in [4.78, 5) is 18.5. The van der Waals surface area contributed by atoms with Crippen LogP contribution in [-0.4, -0.2) is 35.4 Å². The summed E-state index contributed by atoms with van der Waals surface area (Å²) in [5.74, 6) is -0.470. The molecule has 0 radical (unpaired) electrons. The fourth-order valence-corrected chi connectivity index (χ4v) is 1.51. The van der Waals surface area contributed by atoms with Gasteiger partial charge >= 0.3 is 6.36 Å². The highest BCUT2D eigenvalue weighted by molar-refractivity contribution is 5.97. The number of fused-ring (bicyclic) bond motifs is 1. The molecule has 0 saturated carbocycles. The number of H-pyrrole nitrogens is 1. The first-order chi connectivity index (χ1) is 8.96. The summed E-state index contributed by atoms with van der Waals surface area (Å²) < 4.78 is 38.6. The molecule has 0 aliphatic carbocycles. The van der Waals surface area contributed by atoms with Crippen molar-refractivity contribution < 1.29 is 22.7 Å². The number of nitrogens with one attached hydrogen (secondary N) is 2. The molecule has 0 bridgehead atoms. The van der Waals surface area contributed by atoms with Gasteiger partial charge in [0.05, 0.1) is 24.0 Å². The van der Waals surface area contributed by atoms with Gasteiger partial charge in [0, 0.05) is 12.1 Å². The first-order valence-electron chi connectivity index (χ1n) is 5.38. The van der Waals surface area contributed by atoms with Gasteiger partial charge < -0.3 is 10.3 Å². The molecule has 8 heteroatoms. The number of ether oxygens (including phenoxy) is 1. The van der Waals surface area contributed by atoms with Gasteiger partial charge in [-0.05, 0) is 18.2 Å². The van der Waals surface area contributed by atoms with Gasteiger partial charge in [-0.2, -0.15) is 0 Å². The van der Waals surface area contributed by atoms with Crippen LogP contribution < -0.4 is 5.32 Å². The summed E-state index contributed by atoms with van der Waals surface area (Å²) >= 11 is 0. The number of hydrogen-bond donors (Lipinski definition) is 2. The van der Waals surface area contributed by atoms with Crippen LogP contribution in [0.4, 0.5) is 13.2 Å². The molecule has 2 N–H and O–H groups in total. The van der Waals surface area contributed by atoms with Crippen molar-refractivity contribution in [2.45, 2.75) is 6.36 Å². The number of rotatable bonds is 4. The lowest BCUT2D eigenvalue weighted by molar-refractivity contribution is -0.323. The van der Waals surface area contributed by atoms with E-state index in [9.17, 15) is 18.0 Å². The summed E-state index contributed by atoms with van der Waals surface area (Å²) in [6, 6.07) is 4.76. The van der Waals surface area contributed by atoms with Crippen molar-refractivity contribution in [1.29, 1.82) is 0 Å². The average molecular weight is 273 g/mol. The minimum Gasteiger partial charge on any atom is -0.350 e. The maximum absolute atomic E-state index is 11.7. The third-order valence-corrected chi connectivity index (χ3v) is 2.34. The molecule has 0 aliphatic heterocycles. The van der Waals surface area contributed by atoms with Crippen LogP contribution in [0.3, 0.4) is 0 Å². The molecule has 19 heavy (non-hydrogen) atoms. The number of halogens is 3. The molecule has 1 amide bonds. The molecule has 0 atom stereocenters. The van der Waals surface area contributed by atoms with Crippen LogP contribution in [0, 0.1) is 0 Å². The number of hydrogen-bond acceptors (Lipinski definition) is 3. The molecule has 2 aromatic rings. The molecule has 1 aromatic heterocycles. The van der Waals surface area contributed by atoms with E-state index in [2.05, 4.69) is 20.0 Å². The maximum atomic E-state index is 11.7. The van der Waals surface area contributed by atoms with Crippen LogP contribution >= 0.6 is 0 Å². The number of carbonyl (C=O) groups excluding carboxylic acids is 1. The summed E-state index contributed by atoms with van der Waals surface area (Å²) in [5.41, 5.74) is 1.72. The van der Waals surface area contributed by atoms with Crippen LogP contribution in [0.2, 0.25) is 0 Å². The van der Waals surface area contributed by atoms with Crippen LogP contribution in [0.25, 0.3) is 11.0 Å². The Morgan fingerprint density at radius 3 is 2.95 bits per heavy atom. The highest BCUT2D eigenvalue weighted by Gasteiger charge is 2.28. The number of amides is 1. The third-order valence-electron chi connectivity index (χ3n) is 2.34. The van der Waals surface area contributed by atoms with Gasteiger partial charge in [0.1, 0.15) is 0 Å². The summed E-state index contributed by atoms with van der Waals surface area (Å²) in [6.45, 7) is -0.846. The van der Waals surface area contributed by atoms with E-state index >= 15 is 0 Å². The molecular weight excluding hydrogens is 263 g/mol. The van der Waals surface area contributed by atoms with E-state index in [1.165, 1.54) is 6.33 Å². The number of carbonyl (C=O) groups is 1. The van der Waals surface area contributed by atoms with E-state index < -0.39 is 18.9 Å². The van der Waals surface area contributed by atoms with Gasteiger partial charge in [-0.15, -0.1) is 13.2 Å². The molecule has 5 nitrogen and oxygen atoms in total. The summed E-state index contributed by atoms with van der Waals surface area (Å²) in [5, 5.41) is 2.33. The first-order valence-corrected chi connectivity index (χ1v) is 5.38. The second-order valence-electron chi connectivity index (χ2n) is 3.68. The molecule has 2 rings (SSSR count). The van der Waals surface area contributed by atoms with Crippen LogP contribution in [0.15, 0.2) is 24.5 Å². The zero-order valence-corrected chi connectivity index (χ0v) is 9.62. The quantitative estimate of drug-likeness (QED) is 0.835. The molecule has 0 unspecified atom stereocenters. The molecule has 1 heterocycles. The zero-order valence-electron chi connectivity index (χ0n) is 9.62. The predicted octanol–water partition coefficient (Wildman–Crippen LogP) is 1.83. The highest BCUT2D eigenvalue weighted by Crippen LogP contribution is 2.15. The Morgan fingerprint density at radius 2 is 2.21 bits per heavy atom. The number of benzene rings is 1. The number of alkyl halides is 3. The normalized spacial score (nSPS) is 11.7. The van der Waals surface area contributed by atoms with Crippen LogP contribution in [0.5, 0.6) is 0 Å². The predicted molar refractivity (Wildman–Crippen MR) is 60.4 cm³/mol. The minimum absolute atomic E-state index is 0.223. The topological polar surface area (TPSA) is 67.0 Å². The molecular formula is C11H10F3N3O2. The van der Waals surface area contributed by atoms with Crippen LogP contribution in [0.1, 0.15) is 10.4 Å². The standard InChI is InChI=1S/C11H10F3N3O2/c12-11(13,14)19-4-3-15-10(18)7-1-2-8-9(5-7)17-6-16-8/h1-2,5-6H,3-4H2,(H,15,18)(H,16,17). The van der Waals surface area contributed by atoms with Crippen molar-refractivity contribution in [3.05, 3.63) is 30.1 Å². The lowest BCUT2D eigenvalue weighted by Crippen LogP contribution is -2.29. The largest absolute Gasteiger partial charge is 0.522 e. The first kappa shape index (κ1) is 13.3. The lowest BCUT2D eigenvalue weighted by atomic mass is 10.2. The van der Waals surface area contributed by atoms with E-state index in [-0.39, 0.29) is 6.54 Å². The van der Waals surface area contributed by atoms with Gasteiger partial charge in [-0.1, -0.05) is 0 Å². The Balaban J connectivity index is 1.89. The van der Waals surface area contributed by atoms with Gasteiger partial charge in [0.15, 0.2) is 0 Å². The van der Waals surface area contributed by atoms with E-state index in [1.54, 1.807) is 18.2 Å². The van der Waals surface area contributed by atoms with Crippen molar-refractivity contribution in [3.63, 3.8) is 0 Å². The van der Waals surface area contributed by atoms with E-state index in [0.717, 1.165) is 0 Å². The molecule has 1 aromatic carbocycles. The monoisotopic (exact) mass is 273 g/mol. The van der Waals surface area contributed by atoms with Gasteiger partial charge in [-0.3, -0.25) is 9.53 Å². The minimum atomic E-state index is -4.68. The van der Waals surface area contributed by atoms with Gasteiger partial charge in [0.25, 0.3) is 5.91 Å². The van der Waals surface area contributed by atoms with Crippen molar-refractivity contribution >= 4 is 16.9 Å². The fraction of sp³-hybridized carbons (Fsp3) is 0.273. The second kappa shape index (κ2) is 5.27. The van der Waals surface area contributed by atoms with Gasteiger partial charge in [-0.25, -0.2) is 4.98 Å². The zero-order chi connectivity index (χ0) is 13.9. The van der Waals surface area contributed by atoms with Crippen LogP contribution in [-0.2, 0) is 4.74 Å². The summed E-state index contributed by atoms with van der Waals surface area (Å²) in [6.07, 6.45) is -3.19. The Labute approximate surface area is 105 Å². The van der Waals surface area contributed by atoms with E-state index in [1.807, 2.05) is 0 Å². The second-order valence-corrected chi connectivity index (χ2v) is 3.68. The highest BCUT2D eigenvalue weighted by atomic mass is 19.4. The Hall–Kier alpha value is -2.09. The van der Waals surface area contributed by atoms with Crippen molar-refractivity contribution in [2.75, 3.05) is 13.2 Å². The number of imidazole rings is 1. The molecule has 0 saturated heterocycles. The number of nitrogens with zero attached hydrogens (tertiary/aromatic N) is 1. The van der Waals surface area contributed by atoms with Crippen molar-refractivity contribution in [3.8, 4) is 0 Å². The van der Waals surface area contributed by atoms with Gasteiger partial charge in [0.2, 0.25) is 0 Å². The molecule has 0 spiro atoms.